The molecule has 4 heterocycles. The maximum Gasteiger partial charge on any atom is 0.230 e. The number of rotatable bonds is 4. The van der Waals surface area contributed by atoms with Crippen LogP contribution in [0.5, 0.6) is 0 Å². The van der Waals surface area contributed by atoms with Crippen LogP contribution in [0, 0.1) is 19.8 Å². The molecule has 0 aromatic carbocycles. The SMILES string of the molecule is Cc1[nH]nc2ncc(NC(=O)[C@@H]3CC(=O)N(C4CC4)[C@H]3c3cnn(C)c3C)cc12. The number of aromatic amines is 1. The van der Waals surface area contributed by atoms with Crippen molar-refractivity contribution in [3.05, 3.63) is 35.4 Å². The molecule has 3 aromatic heterocycles. The second-order valence-corrected chi connectivity index (χ2v) is 8.03. The topological polar surface area (TPSA) is 109 Å². The molecule has 1 aliphatic heterocycles. The predicted octanol–water partition coefficient (Wildman–Crippen LogP) is 2.00. The van der Waals surface area contributed by atoms with Crippen molar-refractivity contribution in [2.75, 3.05) is 5.32 Å². The van der Waals surface area contributed by atoms with Crippen LogP contribution in [0.2, 0.25) is 0 Å². The van der Waals surface area contributed by atoms with Crippen LogP contribution in [0.15, 0.2) is 18.5 Å². The summed E-state index contributed by atoms with van der Waals surface area (Å²) in [5.74, 6) is -0.593. The average Bonchev–Trinajstić information content (AvgIpc) is 3.28. The maximum absolute atomic E-state index is 13.2. The van der Waals surface area contributed by atoms with Gasteiger partial charge in [-0.05, 0) is 32.8 Å². The highest BCUT2D eigenvalue weighted by molar-refractivity contribution is 5.99. The lowest BCUT2D eigenvalue weighted by molar-refractivity contribution is -0.129. The number of likely N-dealkylation sites (tertiary alicyclic amines) is 1. The summed E-state index contributed by atoms with van der Waals surface area (Å²) in [6, 6.07) is 1.81. The Balaban J connectivity index is 1.47. The number of carbonyl (C=O) groups excluding carboxylic acids is 2. The third kappa shape index (κ3) is 2.88. The van der Waals surface area contributed by atoms with Crippen LogP contribution in [0.25, 0.3) is 11.0 Å². The third-order valence-corrected chi connectivity index (χ3v) is 6.10. The molecular formula is C20H23N7O2. The van der Waals surface area contributed by atoms with Crippen molar-refractivity contribution in [2.45, 2.75) is 45.2 Å². The minimum Gasteiger partial charge on any atom is -0.332 e. The molecule has 9 nitrogen and oxygen atoms in total. The van der Waals surface area contributed by atoms with Gasteiger partial charge in [0.15, 0.2) is 5.65 Å². The Hall–Kier alpha value is -3.23. The summed E-state index contributed by atoms with van der Waals surface area (Å²) in [5, 5.41) is 15.2. The van der Waals surface area contributed by atoms with E-state index in [1.807, 2.05) is 31.9 Å². The van der Waals surface area contributed by atoms with Crippen LogP contribution in [0.3, 0.4) is 0 Å². The summed E-state index contributed by atoms with van der Waals surface area (Å²) in [4.78, 5) is 32.3. The van der Waals surface area contributed by atoms with Gasteiger partial charge in [0.2, 0.25) is 11.8 Å². The van der Waals surface area contributed by atoms with Crippen molar-refractivity contribution < 1.29 is 9.59 Å². The number of anilines is 1. The monoisotopic (exact) mass is 393 g/mol. The van der Waals surface area contributed by atoms with Gasteiger partial charge in [-0.3, -0.25) is 19.4 Å². The van der Waals surface area contributed by atoms with Crippen LogP contribution in [0.4, 0.5) is 5.69 Å². The number of fused-ring (bicyclic) bond motifs is 1. The maximum atomic E-state index is 13.2. The molecule has 2 fully saturated rings. The number of aromatic nitrogens is 5. The number of pyridine rings is 1. The van der Waals surface area contributed by atoms with Crippen molar-refractivity contribution in [1.82, 2.24) is 29.9 Å². The molecule has 1 saturated carbocycles. The molecule has 0 spiro atoms. The lowest BCUT2D eigenvalue weighted by Crippen LogP contribution is -2.34. The fraction of sp³-hybridized carbons (Fsp3) is 0.450. The molecule has 3 aromatic rings. The molecule has 5 rings (SSSR count). The van der Waals surface area contributed by atoms with E-state index in [4.69, 9.17) is 0 Å². The van der Waals surface area contributed by atoms with E-state index in [2.05, 4.69) is 25.6 Å². The summed E-state index contributed by atoms with van der Waals surface area (Å²) in [7, 11) is 1.88. The van der Waals surface area contributed by atoms with Gasteiger partial charge in [0.25, 0.3) is 0 Å². The molecule has 0 radical (unpaired) electrons. The van der Waals surface area contributed by atoms with Gasteiger partial charge in [-0.15, -0.1) is 0 Å². The van der Waals surface area contributed by atoms with E-state index in [1.54, 1.807) is 17.1 Å². The largest absolute Gasteiger partial charge is 0.332 e. The predicted molar refractivity (Wildman–Crippen MR) is 106 cm³/mol. The highest BCUT2D eigenvalue weighted by atomic mass is 16.2. The number of nitrogens with one attached hydrogen (secondary N) is 2. The normalized spacial score (nSPS) is 21.9. The molecule has 2 aliphatic rings. The van der Waals surface area contributed by atoms with Crippen molar-refractivity contribution in [1.29, 1.82) is 0 Å². The van der Waals surface area contributed by atoms with Crippen molar-refractivity contribution in [2.24, 2.45) is 13.0 Å². The Labute approximate surface area is 167 Å². The summed E-state index contributed by atoms with van der Waals surface area (Å²) < 4.78 is 1.79. The molecule has 0 unspecified atom stereocenters. The van der Waals surface area contributed by atoms with Gasteiger partial charge in [-0.2, -0.15) is 10.2 Å². The first-order valence-electron chi connectivity index (χ1n) is 9.85. The molecule has 2 N–H and O–H groups in total. The van der Waals surface area contributed by atoms with E-state index in [9.17, 15) is 9.59 Å². The molecule has 2 atom stereocenters. The van der Waals surface area contributed by atoms with Gasteiger partial charge in [0.05, 0.1) is 30.0 Å². The molecule has 1 saturated heterocycles. The van der Waals surface area contributed by atoms with Gasteiger partial charge < -0.3 is 10.2 Å². The van der Waals surface area contributed by atoms with Crippen LogP contribution in [-0.2, 0) is 16.6 Å². The van der Waals surface area contributed by atoms with Gasteiger partial charge >= 0.3 is 0 Å². The summed E-state index contributed by atoms with van der Waals surface area (Å²) in [6.45, 7) is 3.89. The Morgan fingerprint density at radius 3 is 2.76 bits per heavy atom. The summed E-state index contributed by atoms with van der Waals surface area (Å²) >= 11 is 0. The molecule has 0 bridgehead atoms. The van der Waals surface area contributed by atoms with Gasteiger partial charge in [0, 0.05) is 41.8 Å². The van der Waals surface area contributed by atoms with Gasteiger partial charge in [-0.25, -0.2) is 4.98 Å². The smallest absolute Gasteiger partial charge is 0.230 e. The van der Waals surface area contributed by atoms with E-state index in [-0.39, 0.29) is 30.3 Å². The second-order valence-electron chi connectivity index (χ2n) is 8.03. The molecule has 150 valence electrons. The van der Waals surface area contributed by atoms with Crippen LogP contribution in [0.1, 0.15) is 42.3 Å². The third-order valence-electron chi connectivity index (χ3n) is 6.10. The minimum absolute atomic E-state index is 0.0418. The van der Waals surface area contributed by atoms with Crippen LogP contribution < -0.4 is 5.32 Å². The molecule has 29 heavy (non-hydrogen) atoms. The number of carbonyl (C=O) groups is 2. The Morgan fingerprint density at radius 2 is 2.07 bits per heavy atom. The molecule has 9 heteroatoms. The quantitative estimate of drug-likeness (QED) is 0.705. The van der Waals surface area contributed by atoms with E-state index in [0.29, 0.717) is 11.3 Å². The molecular weight excluding hydrogens is 370 g/mol. The van der Waals surface area contributed by atoms with E-state index in [1.165, 1.54) is 0 Å². The van der Waals surface area contributed by atoms with Gasteiger partial charge in [-0.1, -0.05) is 0 Å². The first-order valence-corrected chi connectivity index (χ1v) is 9.85. The lowest BCUT2D eigenvalue weighted by Gasteiger charge is -2.28. The first-order chi connectivity index (χ1) is 13.9. The molecule has 2 amide bonds. The second kappa shape index (κ2) is 6.40. The van der Waals surface area contributed by atoms with Crippen LogP contribution in [-0.4, -0.2) is 47.7 Å². The van der Waals surface area contributed by atoms with Crippen molar-refractivity contribution in [3.63, 3.8) is 0 Å². The fourth-order valence-corrected chi connectivity index (χ4v) is 4.27. The Morgan fingerprint density at radius 1 is 1.28 bits per heavy atom. The lowest BCUT2D eigenvalue weighted by atomic mass is 9.93. The molecule has 1 aliphatic carbocycles. The zero-order valence-electron chi connectivity index (χ0n) is 16.6. The number of aryl methyl sites for hydroxylation is 2. The van der Waals surface area contributed by atoms with E-state index >= 15 is 0 Å². The Bertz CT molecular complexity index is 1130. The van der Waals surface area contributed by atoms with Crippen molar-refractivity contribution >= 4 is 28.5 Å². The number of H-pyrrole nitrogens is 1. The zero-order chi connectivity index (χ0) is 20.3. The van der Waals surface area contributed by atoms with Crippen LogP contribution >= 0.6 is 0 Å². The number of amides is 2. The Kier molecular flexibility index (Phi) is 3.94. The number of hydrogen-bond donors (Lipinski definition) is 2. The zero-order valence-corrected chi connectivity index (χ0v) is 16.6. The summed E-state index contributed by atoms with van der Waals surface area (Å²) in [6.07, 6.45) is 5.59. The standard InChI is InChI=1S/C20H23N7O2/c1-10-14-6-12(8-21-19(14)25-24-10)23-20(29)15-7-17(28)27(13-4-5-13)18(15)16-9-22-26(3)11(16)2/h6,8-9,13,15,18H,4-5,7H2,1-3H3,(H,23,29)(H,21,24,25)/t15-,18-/m1/s1. The van der Waals surface area contributed by atoms with E-state index < -0.39 is 5.92 Å². The minimum atomic E-state index is -0.466. The first kappa shape index (κ1) is 17.8. The average molecular weight is 393 g/mol. The van der Waals surface area contributed by atoms with Gasteiger partial charge in [0.1, 0.15) is 0 Å². The number of nitrogens with zero attached hydrogens (tertiary/aromatic N) is 5. The van der Waals surface area contributed by atoms with E-state index in [0.717, 1.165) is 35.2 Å². The highest BCUT2D eigenvalue weighted by Gasteiger charge is 2.50. The number of hydrogen-bond acceptors (Lipinski definition) is 5. The summed E-state index contributed by atoms with van der Waals surface area (Å²) in [5.41, 5.74) is 4.03. The van der Waals surface area contributed by atoms with Crippen molar-refractivity contribution in [3.8, 4) is 0 Å². The fourth-order valence-electron chi connectivity index (χ4n) is 4.27. The highest BCUT2D eigenvalue weighted by Crippen LogP contribution is 2.46.